The molecule has 1 aromatic carbocycles. The molecule has 26 heavy (non-hydrogen) atoms. The number of hydrogen-bond donors (Lipinski definition) is 2. The first-order valence-electron chi connectivity index (χ1n) is 8.34. The molecule has 1 aromatic heterocycles. The van der Waals surface area contributed by atoms with Gasteiger partial charge in [0.2, 0.25) is 0 Å². The molecule has 144 valence electrons. The highest BCUT2D eigenvalue weighted by molar-refractivity contribution is 14.0. The van der Waals surface area contributed by atoms with Gasteiger partial charge in [0.15, 0.2) is 5.96 Å². The number of aromatic nitrogens is 3. The molecule has 0 fully saturated rings. The van der Waals surface area contributed by atoms with Crippen molar-refractivity contribution >= 4 is 29.9 Å². The molecule has 2 N–H and O–H groups in total. The van der Waals surface area contributed by atoms with Crippen LogP contribution >= 0.6 is 24.0 Å². The lowest BCUT2D eigenvalue weighted by molar-refractivity contribution is 0.319. The molecule has 0 spiro atoms. The fourth-order valence-corrected chi connectivity index (χ4v) is 2.28. The molecular weight excluding hydrogens is 447 g/mol. The van der Waals surface area contributed by atoms with Gasteiger partial charge in [-0.2, -0.15) is 0 Å². The Morgan fingerprint density at radius 3 is 2.73 bits per heavy atom. The van der Waals surface area contributed by atoms with Crippen molar-refractivity contribution < 1.29 is 9.47 Å². The minimum atomic E-state index is 0. The first kappa shape index (κ1) is 22.0. The Balaban J connectivity index is 0.00000338. The SMILES string of the molecule is CCc1nncn1CCNC(=NC)NCCOc1cccc(OC)c1.I. The Morgan fingerprint density at radius 1 is 1.23 bits per heavy atom. The van der Waals surface area contributed by atoms with E-state index in [1.54, 1.807) is 20.5 Å². The zero-order valence-corrected chi connectivity index (χ0v) is 17.8. The van der Waals surface area contributed by atoms with Crippen LogP contribution in [-0.4, -0.2) is 54.6 Å². The smallest absolute Gasteiger partial charge is 0.191 e. The van der Waals surface area contributed by atoms with Gasteiger partial charge in [0.25, 0.3) is 0 Å². The molecule has 0 aliphatic heterocycles. The lowest BCUT2D eigenvalue weighted by Crippen LogP contribution is -2.40. The average Bonchev–Trinajstić information content (AvgIpc) is 3.11. The molecule has 8 nitrogen and oxygen atoms in total. The van der Waals surface area contributed by atoms with Crippen molar-refractivity contribution in [2.75, 3.05) is 33.9 Å². The number of nitrogens with zero attached hydrogens (tertiary/aromatic N) is 4. The van der Waals surface area contributed by atoms with Crippen LogP contribution in [0.5, 0.6) is 11.5 Å². The zero-order valence-electron chi connectivity index (χ0n) is 15.4. The van der Waals surface area contributed by atoms with Crippen LogP contribution in [0.25, 0.3) is 0 Å². The summed E-state index contributed by atoms with van der Waals surface area (Å²) in [5.74, 6) is 3.28. The Bertz CT molecular complexity index is 677. The van der Waals surface area contributed by atoms with E-state index in [0.717, 1.165) is 42.8 Å². The third kappa shape index (κ3) is 7.06. The number of benzene rings is 1. The molecule has 0 bridgehead atoms. The maximum Gasteiger partial charge on any atom is 0.191 e. The summed E-state index contributed by atoms with van der Waals surface area (Å²) in [4.78, 5) is 4.20. The van der Waals surface area contributed by atoms with E-state index in [1.807, 2.05) is 28.8 Å². The zero-order chi connectivity index (χ0) is 17.9. The molecule has 0 aliphatic rings. The normalized spacial score (nSPS) is 10.8. The van der Waals surface area contributed by atoms with Gasteiger partial charge in [-0.15, -0.1) is 34.2 Å². The summed E-state index contributed by atoms with van der Waals surface area (Å²) in [7, 11) is 3.38. The fourth-order valence-electron chi connectivity index (χ4n) is 2.28. The van der Waals surface area contributed by atoms with Crippen LogP contribution in [0, 0.1) is 0 Å². The van der Waals surface area contributed by atoms with Gasteiger partial charge < -0.3 is 24.7 Å². The van der Waals surface area contributed by atoms with Crippen molar-refractivity contribution in [2.45, 2.75) is 19.9 Å². The van der Waals surface area contributed by atoms with Gasteiger partial charge in [0, 0.05) is 32.6 Å². The second-order valence-corrected chi connectivity index (χ2v) is 5.25. The van der Waals surface area contributed by atoms with Crippen LogP contribution in [0.1, 0.15) is 12.7 Å². The Kier molecular flexibility index (Phi) is 10.4. The van der Waals surface area contributed by atoms with Crippen LogP contribution in [0.2, 0.25) is 0 Å². The maximum atomic E-state index is 5.69. The predicted molar refractivity (Wildman–Crippen MR) is 113 cm³/mol. The summed E-state index contributed by atoms with van der Waals surface area (Å²) in [6.07, 6.45) is 2.62. The third-order valence-electron chi connectivity index (χ3n) is 3.59. The first-order chi connectivity index (χ1) is 12.3. The fraction of sp³-hybridized carbons (Fsp3) is 0.471. The van der Waals surface area contributed by atoms with Crippen LogP contribution in [0.4, 0.5) is 0 Å². The molecule has 0 unspecified atom stereocenters. The quantitative estimate of drug-likeness (QED) is 0.249. The summed E-state index contributed by atoms with van der Waals surface area (Å²) in [5.41, 5.74) is 0. The van der Waals surface area contributed by atoms with E-state index >= 15 is 0 Å². The van der Waals surface area contributed by atoms with Crippen LogP contribution in [-0.2, 0) is 13.0 Å². The van der Waals surface area contributed by atoms with Crippen molar-refractivity contribution in [3.8, 4) is 11.5 Å². The van der Waals surface area contributed by atoms with E-state index < -0.39 is 0 Å². The second kappa shape index (κ2) is 12.3. The standard InChI is InChI=1S/C17H26N6O2.HI/c1-4-16-22-21-13-23(16)10-8-19-17(18-2)20-9-11-25-15-7-5-6-14(12-15)24-3;/h5-7,12-13H,4,8-11H2,1-3H3,(H2,18,19,20);1H. The highest BCUT2D eigenvalue weighted by Gasteiger charge is 2.02. The molecule has 2 aromatic rings. The predicted octanol–water partition coefficient (Wildman–Crippen LogP) is 1.71. The lowest BCUT2D eigenvalue weighted by Gasteiger charge is -2.13. The Hall–Kier alpha value is -2.04. The molecule has 0 aliphatic carbocycles. The number of ether oxygens (including phenoxy) is 2. The highest BCUT2D eigenvalue weighted by Crippen LogP contribution is 2.18. The number of aliphatic imine (C=N–C) groups is 1. The highest BCUT2D eigenvalue weighted by atomic mass is 127. The van der Waals surface area contributed by atoms with Crippen LogP contribution in [0.3, 0.4) is 0 Å². The van der Waals surface area contributed by atoms with Gasteiger partial charge in [-0.05, 0) is 12.1 Å². The molecular formula is C17H27IN6O2. The maximum absolute atomic E-state index is 5.69. The van der Waals surface area contributed by atoms with Crippen molar-refractivity contribution in [2.24, 2.45) is 4.99 Å². The Labute approximate surface area is 171 Å². The van der Waals surface area contributed by atoms with Crippen molar-refractivity contribution in [1.29, 1.82) is 0 Å². The molecule has 0 atom stereocenters. The summed E-state index contributed by atoms with van der Waals surface area (Å²) in [6, 6.07) is 7.55. The topological polar surface area (TPSA) is 85.6 Å². The monoisotopic (exact) mass is 474 g/mol. The summed E-state index contributed by atoms with van der Waals surface area (Å²) >= 11 is 0. The molecule has 0 saturated heterocycles. The van der Waals surface area contributed by atoms with Crippen molar-refractivity contribution in [3.63, 3.8) is 0 Å². The van der Waals surface area contributed by atoms with E-state index in [2.05, 4.69) is 32.7 Å². The van der Waals surface area contributed by atoms with Crippen LogP contribution < -0.4 is 20.1 Å². The van der Waals surface area contributed by atoms with E-state index in [9.17, 15) is 0 Å². The van der Waals surface area contributed by atoms with Gasteiger partial charge in [-0.1, -0.05) is 13.0 Å². The molecule has 0 amide bonds. The minimum absolute atomic E-state index is 0. The van der Waals surface area contributed by atoms with Gasteiger partial charge in [-0.25, -0.2) is 0 Å². The van der Waals surface area contributed by atoms with E-state index in [4.69, 9.17) is 9.47 Å². The van der Waals surface area contributed by atoms with Gasteiger partial charge in [-0.3, -0.25) is 4.99 Å². The largest absolute Gasteiger partial charge is 0.497 e. The Morgan fingerprint density at radius 2 is 2.00 bits per heavy atom. The van der Waals surface area contributed by atoms with Gasteiger partial charge in [0.1, 0.15) is 30.3 Å². The summed E-state index contributed by atoms with van der Waals surface area (Å²) in [5, 5.41) is 14.5. The summed E-state index contributed by atoms with van der Waals surface area (Å²) in [6.45, 7) is 4.76. The van der Waals surface area contributed by atoms with E-state index in [1.165, 1.54) is 0 Å². The summed E-state index contributed by atoms with van der Waals surface area (Å²) < 4.78 is 12.9. The number of halogens is 1. The van der Waals surface area contributed by atoms with E-state index in [0.29, 0.717) is 13.2 Å². The molecule has 0 saturated carbocycles. The average molecular weight is 474 g/mol. The van der Waals surface area contributed by atoms with Gasteiger partial charge in [0.05, 0.1) is 13.7 Å². The number of aryl methyl sites for hydroxylation is 1. The molecule has 1 heterocycles. The first-order valence-corrected chi connectivity index (χ1v) is 8.34. The second-order valence-electron chi connectivity index (χ2n) is 5.25. The number of hydrogen-bond acceptors (Lipinski definition) is 5. The minimum Gasteiger partial charge on any atom is -0.497 e. The number of guanidine groups is 1. The molecule has 9 heteroatoms. The van der Waals surface area contributed by atoms with Crippen LogP contribution in [0.15, 0.2) is 35.6 Å². The third-order valence-corrected chi connectivity index (χ3v) is 3.59. The number of rotatable bonds is 9. The lowest BCUT2D eigenvalue weighted by atomic mass is 10.3. The van der Waals surface area contributed by atoms with Crippen molar-refractivity contribution in [3.05, 3.63) is 36.4 Å². The van der Waals surface area contributed by atoms with Crippen molar-refractivity contribution in [1.82, 2.24) is 25.4 Å². The molecule has 2 rings (SSSR count). The number of nitrogens with one attached hydrogen (secondary N) is 2. The number of methoxy groups -OCH3 is 1. The van der Waals surface area contributed by atoms with E-state index in [-0.39, 0.29) is 24.0 Å². The molecule has 0 radical (unpaired) electrons. The van der Waals surface area contributed by atoms with Gasteiger partial charge >= 0.3 is 0 Å².